The SMILES string of the molecule is CCOC(=O)CCc1cc(F)c(OCc2cccc3ccccc23)c(F)c1. The molecule has 0 spiro atoms. The zero-order chi connectivity index (χ0) is 19.2. The van der Waals surface area contributed by atoms with Crippen molar-refractivity contribution in [3.8, 4) is 5.75 Å². The van der Waals surface area contributed by atoms with Crippen molar-refractivity contribution in [3.63, 3.8) is 0 Å². The number of esters is 1. The topological polar surface area (TPSA) is 35.5 Å². The number of ether oxygens (including phenoxy) is 2. The first-order valence-corrected chi connectivity index (χ1v) is 8.81. The minimum absolute atomic E-state index is 0.0529. The van der Waals surface area contributed by atoms with Crippen molar-refractivity contribution in [2.75, 3.05) is 6.61 Å². The molecule has 3 nitrogen and oxygen atoms in total. The lowest BCUT2D eigenvalue weighted by Gasteiger charge is -2.12. The summed E-state index contributed by atoms with van der Waals surface area (Å²) >= 11 is 0. The molecule has 0 fully saturated rings. The summed E-state index contributed by atoms with van der Waals surface area (Å²) in [5, 5.41) is 2.01. The van der Waals surface area contributed by atoms with E-state index in [9.17, 15) is 13.6 Å². The van der Waals surface area contributed by atoms with E-state index in [2.05, 4.69) is 0 Å². The van der Waals surface area contributed by atoms with Gasteiger partial charge < -0.3 is 9.47 Å². The van der Waals surface area contributed by atoms with Gasteiger partial charge in [0.2, 0.25) is 0 Å². The van der Waals surface area contributed by atoms with Gasteiger partial charge in [-0.1, -0.05) is 42.5 Å². The quantitative estimate of drug-likeness (QED) is 0.537. The van der Waals surface area contributed by atoms with E-state index in [1.54, 1.807) is 6.92 Å². The Hall–Kier alpha value is -2.95. The Bertz CT molecular complexity index is 925. The Morgan fingerprint density at radius 3 is 2.44 bits per heavy atom. The molecular formula is C22H20F2O3. The summed E-state index contributed by atoms with van der Waals surface area (Å²) in [4.78, 5) is 11.4. The fraction of sp³-hybridized carbons (Fsp3) is 0.227. The second kappa shape index (κ2) is 8.62. The summed E-state index contributed by atoms with van der Waals surface area (Å²) in [7, 11) is 0. The van der Waals surface area contributed by atoms with Crippen LogP contribution in [-0.2, 0) is 22.6 Å². The molecular weight excluding hydrogens is 350 g/mol. The molecule has 0 aliphatic rings. The largest absolute Gasteiger partial charge is 0.483 e. The van der Waals surface area contributed by atoms with E-state index >= 15 is 0 Å². The predicted octanol–water partition coefficient (Wildman–Crippen LogP) is 5.19. The van der Waals surface area contributed by atoms with Crippen LogP contribution in [0.25, 0.3) is 10.8 Å². The van der Waals surface area contributed by atoms with Crippen LogP contribution in [0.2, 0.25) is 0 Å². The first-order chi connectivity index (χ1) is 13.1. The Labute approximate surface area is 156 Å². The van der Waals surface area contributed by atoms with Crippen LogP contribution in [0.4, 0.5) is 8.78 Å². The van der Waals surface area contributed by atoms with Crippen molar-refractivity contribution in [1.82, 2.24) is 0 Å². The van der Waals surface area contributed by atoms with Crippen LogP contribution in [0.5, 0.6) is 5.75 Å². The number of benzene rings is 3. The van der Waals surface area contributed by atoms with Gasteiger partial charge in [-0.2, -0.15) is 0 Å². The van der Waals surface area contributed by atoms with E-state index in [1.165, 1.54) is 12.1 Å². The number of rotatable bonds is 7. The average Bonchev–Trinajstić information content (AvgIpc) is 2.66. The third kappa shape index (κ3) is 4.61. The van der Waals surface area contributed by atoms with Gasteiger partial charge in [-0.25, -0.2) is 8.78 Å². The van der Waals surface area contributed by atoms with Crippen LogP contribution >= 0.6 is 0 Å². The summed E-state index contributed by atoms with van der Waals surface area (Å²) in [6.45, 7) is 2.04. The van der Waals surface area contributed by atoms with Gasteiger partial charge in [0.05, 0.1) is 6.61 Å². The van der Waals surface area contributed by atoms with E-state index in [-0.39, 0.29) is 26.1 Å². The Morgan fingerprint density at radius 1 is 1.00 bits per heavy atom. The average molecular weight is 370 g/mol. The molecule has 3 aromatic carbocycles. The fourth-order valence-corrected chi connectivity index (χ4v) is 2.94. The Kier molecular flexibility index (Phi) is 6.01. The van der Waals surface area contributed by atoms with E-state index in [0.717, 1.165) is 16.3 Å². The van der Waals surface area contributed by atoms with E-state index < -0.39 is 23.4 Å². The highest BCUT2D eigenvalue weighted by Gasteiger charge is 2.14. The third-order valence-corrected chi connectivity index (χ3v) is 4.23. The predicted molar refractivity (Wildman–Crippen MR) is 99.6 cm³/mol. The number of hydrogen-bond acceptors (Lipinski definition) is 3. The summed E-state index contributed by atoms with van der Waals surface area (Å²) in [6.07, 6.45) is 0.277. The maximum Gasteiger partial charge on any atom is 0.306 e. The van der Waals surface area contributed by atoms with Gasteiger partial charge in [0, 0.05) is 6.42 Å². The molecule has 0 aromatic heterocycles. The highest BCUT2D eigenvalue weighted by Crippen LogP contribution is 2.26. The zero-order valence-corrected chi connectivity index (χ0v) is 15.0. The molecule has 0 aliphatic heterocycles. The normalized spacial score (nSPS) is 10.8. The fourth-order valence-electron chi connectivity index (χ4n) is 2.94. The number of halogens is 2. The lowest BCUT2D eigenvalue weighted by Crippen LogP contribution is -2.06. The van der Waals surface area contributed by atoms with Crippen molar-refractivity contribution >= 4 is 16.7 Å². The number of aryl methyl sites for hydroxylation is 1. The van der Waals surface area contributed by atoms with E-state index in [4.69, 9.17) is 9.47 Å². The summed E-state index contributed by atoms with van der Waals surface area (Å²) in [5.41, 5.74) is 1.23. The molecule has 5 heteroatoms. The molecule has 0 aliphatic carbocycles. The van der Waals surface area contributed by atoms with Gasteiger partial charge in [-0.3, -0.25) is 4.79 Å². The highest BCUT2D eigenvalue weighted by molar-refractivity contribution is 5.85. The molecule has 3 aromatic rings. The maximum atomic E-state index is 14.3. The van der Waals surface area contributed by atoms with Crippen LogP contribution in [0.1, 0.15) is 24.5 Å². The number of carbonyl (C=O) groups is 1. The van der Waals surface area contributed by atoms with Crippen molar-refractivity contribution in [2.24, 2.45) is 0 Å². The smallest absolute Gasteiger partial charge is 0.306 e. The second-order valence-corrected chi connectivity index (χ2v) is 6.12. The van der Waals surface area contributed by atoms with Gasteiger partial charge in [0.25, 0.3) is 0 Å². The lowest BCUT2D eigenvalue weighted by atomic mass is 10.1. The minimum atomic E-state index is -0.783. The second-order valence-electron chi connectivity index (χ2n) is 6.12. The molecule has 0 heterocycles. The van der Waals surface area contributed by atoms with Gasteiger partial charge in [0.15, 0.2) is 17.4 Å². The molecule has 0 atom stereocenters. The van der Waals surface area contributed by atoms with Gasteiger partial charge >= 0.3 is 5.97 Å². The Morgan fingerprint density at radius 2 is 1.70 bits per heavy atom. The highest BCUT2D eigenvalue weighted by atomic mass is 19.1. The molecule has 0 saturated carbocycles. The standard InChI is InChI=1S/C22H20F2O3/c1-2-26-21(25)11-10-15-12-19(23)22(20(24)13-15)27-14-17-8-5-7-16-6-3-4-9-18(16)17/h3-9,12-13H,2,10-11,14H2,1H3. The van der Waals surface area contributed by atoms with Crippen molar-refractivity contribution in [1.29, 1.82) is 0 Å². The van der Waals surface area contributed by atoms with Crippen LogP contribution in [0, 0.1) is 11.6 Å². The maximum absolute atomic E-state index is 14.3. The van der Waals surface area contributed by atoms with Crippen LogP contribution in [0.3, 0.4) is 0 Å². The molecule has 3 rings (SSSR count). The van der Waals surface area contributed by atoms with Gasteiger partial charge in [-0.05, 0) is 47.4 Å². The van der Waals surface area contributed by atoms with Crippen molar-refractivity contribution < 1.29 is 23.0 Å². The minimum Gasteiger partial charge on any atom is -0.483 e. The van der Waals surface area contributed by atoms with E-state index in [1.807, 2.05) is 42.5 Å². The summed E-state index contributed by atoms with van der Waals surface area (Å²) in [5.74, 6) is -2.37. The first-order valence-electron chi connectivity index (χ1n) is 8.81. The van der Waals surface area contributed by atoms with Gasteiger partial charge in [-0.15, -0.1) is 0 Å². The first kappa shape index (κ1) is 18.8. The zero-order valence-electron chi connectivity index (χ0n) is 15.0. The molecule has 0 radical (unpaired) electrons. The Balaban J connectivity index is 1.72. The molecule has 27 heavy (non-hydrogen) atoms. The number of hydrogen-bond donors (Lipinski definition) is 0. The third-order valence-electron chi connectivity index (χ3n) is 4.23. The van der Waals surface area contributed by atoms with Crippen LogP contribution in [0.15, 0.2) is 54.6 Å². The molecule has 140 valence electrons. The molecule has 0 unspecified atom stereocenters. The van der Waals surface area contributed by atoms with E-state index in [0.29, 0.717) is 5.56 Å². The van der Waals surface area contributed by atoms with Crippen molar-refractivity contribution in [2.45, 2.75) is 26.4 Å². The lowest BCUT2D eigenvalue weighted by molar-refractivity contribution is -0.143. The summed E-state index contributed by atoms with van der Waals surface area (Å²) < 4.78 is 38.9. The summed E-state index contributed by atoms with van der Waals surface area (Å²) in [6, 6.07) is 15.9. The number of fused-ring (bicyclic) bond motifs is 1. The number of carbonyl (C=O) groups excluding carboxylic acids is 1. The molecule has 0 bridgehead atoms. The van der Waals surface area contributed by atoms with Crippen LogP contribution in [-0.4, -0.2) is 12.6 Å². The molecule has 0 saturated heterocycles. The van der Waals surface area contributed by atoms with Crippen molar-refractivity contribution in [3.05, 3.63) is 77.4 Å². The molecule has 0 amide bonds. The molecule has 0 N–H and O–H groups in total. The van der Waals surface area contributed by atoms with Gasteiger partial charge in [0.1, 0.15) is 6.61 Å². The van der Waals surface area contributed by atoms with Crippen LogP contribution < -0.4 is 4.74 Å². The monoisotopic (exact) mass is 370 g/mol.